The predicted octanol–water partition coefficient (Wildman–Crippen LogP) is 16.3. The van der Waals surface area contributed by atoms with Crippen molar-refractivity contribution in [3.8, 4) is 27.9 Å². The summed E-state index contributed by atoms with van der Waals surface area (Å²) in [7, 11) is 0. The average Bonchev–Trinajstić information content (AvgIpc) is 3.86. The van der Waals surface area contributed by atoms with Gasteiger partial charge in [0.1, 0.15) is 0 Å². The number of para-hydroxylation sites is 1. The minimum absolute atomic E-state index is 0.110. The first-order chi connectivity index (χ1) is 30.3. The fraction of sp³-hybridized carbons (Fsp3) is 0.100. The van der Waals surface area contributed by atoms with E-state index in [0.717, 1.165) is 5.69 Å². The van der Waals surface area contributed by atoms with E-state index in [9.17, 15) is 0 Å². The van der Waals surface area contributed by atoms with E-state index in [1.54, 1.807) is 0 Å². The number of rotatable bonds is 4. The molecule has 2 aliphatic carbocycles. The van der Waals surface area contributed by atoms with E-state index >= 15 is 0 Å². The van der Waals surface area contributed by atoms with Crippen LogP contribution in [0, 0.1) is 0 Å². The molecular formula is C60H44N2. The minimum atomic E-state index is -0.254. The van der Waals surface area contributed by atoms with Crippen LogP contribution in [0.25, 0.3) is 82.1 Å². The zero-order chi connectivity index (χ0) is 41.5. The molecule has 11 aromatic rings. The average molecular weight is 793 g/mol. The molecule has 0 unspecified atom stereocenters. The third-order valence-corrected chi connectivity index (χ3v) is 14.5. The molecule has 294 valence electrons. The molecule has 0 spiro atoms. The highest BCUT2D eigenvalue weighted by atomic mass is 15.1. The largest absolute Gasteiger partial charge is 0.310 e. The highest BCUT2D eigenvalue weighted by Gasteiger charge is 2.38. The topological polar surface area (TPSA) is 8.17 Å². The van der Waals surface area contributed by atoms with Crippen molar-refractivity contribution >= 4 is 71.2 Å². The van der Waals surface area contributed by atoms with Gasteiger partial charge in [-0.15, -0.1) is 0 Å². The maximum atomic E-state index is 2.53. The second-order valence-corrected chi connectivity index (χ2v) is 18.5. The normalized spacial score (nSPS) is 14.4. The first-order valence-corrected chi connectivity index (χ1v) is 21.9. The maximum Gasteiger partial charge on any atom is 0.0625 e. The van der Waals surface area contributed by atoms with Crippen LogP contribution in [0.5, 0.6) is 0 Å². The van der Waals surface area contributed by atoms with Crippen molar-refractivity contribution in [2.45, 2.75) is 38.5 Å². The summed E-state index contributed by atoms with van der Waals surface area (Å²) in [5, 5.41) is 10.2. The van der Waals surface area contributed by atoms with E-state index < -0.39 is 0 Å². The van der Waals surface area contributed by atoms with E-state index in [-0.39, 0.29) is 10.8 Å². The summed E-state index contributed by atoms with van der Waals surface area (Å²) < 4.78 is 2.53. The quantitative estimate of drug-likeness (QED) is 0.161. The molecule has 0 fully saturated rings. The van der Waals surface area contributed by atoms with Crippen molar-refractivity contribution in [1.29, 1.82) is 0 Å². The summed E-state index contributed by atoms with van der Waals surface area (Å²) in [5.74, 6) is 0. The van der Waals surface area contributed by atoms with Crippen LogP contribution >= 0.6 is 0 Å². The van der Waals surface area contributed by atoms with Crippen molar-refractivity contribution in [2.24, 2.45) is 0 Å². The lowest BCUT2D eigenvalue weighted by molar-refractivity contribution is 0.659. The Kier molecular flexibility index (Phi) is 7.16. The van der Waals surface area contributed by atoms with Crippen LogP contribution in [0.4, 0.5) is 17.1 Å². The third-order valence-electron chi connectivity index (χ3n) is 14.5. The Bertz CT molecular complexity index is 3700. The fourth-order valence-electron chi connectivity index (χ4n) is 11.5. The van der Waals surface area contributed by atoms with Gasteiger partial charge in [0.15, 0.2) is 0 Å². The Morgan fingerprint density at radius 1 is 0.371 bits per heavy atom. The molecule has 0 saturated heterocycles. The van der Waals surface area contributed by atoms with E-state index in [1.165, 1.54) is 116 Å². The number of aromatic nitrogens is 1. The summed E-state index contributed by atoms with van der Waals surface area (Å²) in [5.41, 5.74) is 17.6. The molecule has 0 N–H and O–H groups in total. The Morgan fingerprint density at radius 2 is 0.871 bits per heavy atom. The zero-order valence-corrected chi connectivity index (χ0v) is 35.4. The molecule has 0 saturated carbocycles. The van der Waals surface area contributed by atoms with Crippen molar-refractivity contribution in [1.82, 2.24) is 4.57 Å². The second kappa shape index (κ2) is 12.6. The molecule has 0 radical (unpaired) electrons. The van der Waals surface area contributed by atoms with Crippen LogP contribution in [0.3, 0.4) is 0 Å². The molecule has 0 amide bonds. The van der Waals surface area contributed by atoms with Gasteiger partial charge in [0, 0.05) is 49.4 Å². The molecule has 2 heteroatoms. The van der Waals surface area contributed by atoms with Gasteiger partial charge in [-0.25, -0.2) is 0 Å². The smallest absolute Gasteiger partial charge is 0.0625 e. The molecule has 2 nitrogen and oxygen atoms in total. The predicted molar refractivity (Wildman–Crippen MR) is 263 cm³/mol. The maximum absolute atomic E-state index is 2.53. The Balaban J connectivity index is 0.998. The van der Waals surface area contributed by atoms with Gasteiger partial charge in [0.25, 0.3) is 0 Å². The molecule has 0 bridgehead atoms. The Hall–Kier alpha value is -7.42. The number of benzene rings is 10. The minimum Gasteiger partial charge on any atom is -0.310 e. The summed E-state index contributed by atoms with van der Waals surface area (Å²) >= 11 is 0. The summed E-state index contributed by atoms with van der Waals surface area (Å²) in [4.78, 5) is 2.50. The molecule has 2 aliphatic rings. The first-order valence-electron chi connectivity index (χ1n) is 21.9. The molecular weight excluding hydrogens is 749 g/mol. The van der Waals surface area contributed by atoms with Gasteiger partial charge in [-0.05, 0) is 115 Å². The lowest BCUT2D eigenvalue weighted by Gasteiger charge is -2.30. The summed E-state index contributed by atoms with van der Waals surface area (Å²) in [6, 6.07) is 72.8. The van der Waals surface area contributed by atoms with Gasteiger partial charge >= 0.3 is 0 Å². The highest BCUT2D eigenvalue weighted by Crippen LogP contribution is 2.54. The van der Waals surface area contributed by atoms with Crippen LogP contribution in [0.1, 0.15) is 49.9 Å². The third kappa shape index (κ3) is 4.70. The van der Waals surface area contributed by atoms with Crippen molar-refractivity contribution in [3.05, 3.63) is 216 Å². The zero-order valence-electron chi connectivity index (χ0n) is 35.4. The number of nitrogens with zero attached hydrogens (tertiary/aromatic N) is 2. The summed E-state index contributed by atoms with van der Waals surface area (Å²) in [6.45, 7) is 9.57. The van der Waals surface area contributed by atoms with Crippen molar-refractivity contribution in [3.63, 3.8) is 0 Å². The van der Waals surface area contributed by atoms with E-state index in [2.05, 4.69) is 231 Å². The first kappa shape index (κ1) is 35.3. The molecule has 10 aromatic carbocycles. The van der Waals surface area contributed by atoms with Crippen LogP contribution in [-0.2, 0) is 10.8 Å². The lowest BCUT2D eigenvalue weighted by atomic mass is 9.82. The Morgan fingerprint density at radius 3 is 1.60 bits per heavy atom. The van der Waals surface area contributed by atoms with Crippen LogP contribution in [-0.4, -0.2) is 4.57 Å². The van der Waals surface area contributed by atoms with E-state index in [0.29, 0.717) is 0 Å². The van der Waals surface area contributed by atoms with Gasteiger partial charge in [-0.3, -0.25) is 0 Å². The standard InChI is InChI=1S/C60H44N2/c1-59(2)51-25-13-11-21-44(51)45-31-28-38(34-52(45)59)61(55-27-15-17-37-16-5-6-18-41(37)55)39-29-32-46-47-33-30-40(36-54(47)60(3,4)53(46)35-39)62-56-26-14-12-24-50(56)57-48-22-9-7-19-42(48)43-20-8-10-23-49(43)58(57)62/h5-36H,1-4H3. The van der Waals surface area contributed by atoms with E-state index in [4.69, 9.17) is 0 Å². The molecule has 0 atom stereocenters. The van der Waals surface area contributed by atoms with Gasteiger partial charge in [-0.1, -0.05) is 173 Å². The molecule has 1 aromatic heterocycles. The number of anilines is 3. The molecule has 62 heavy (non-hydrogen) atoms. The number of hydrogen-bond acceptors (Lipinski definition) is 1. The van der Waals surface area contributed by atoms with Gasteiger partial charge in [-0.2, -0.15) is 0 Å². The van der Waals surface area contributed by atoms with Gasteiger partial charge in [0.2, 0.25) is 0 Å². The highest BCUT2D eigenvalue weighted by molar-refractivity contribution is 6.32. The van der Waals surface area contributed by atoms with Crippen LogP contribution < -0.4 is 4.90 Å². The van der Waals surface area contributed by atoms with Crippen molar-refractivity contribution in [2.75, 3.05) is 4.90 Å². The van der Waals surface area contributed by atoms with E-state index in [1.807, 2.05) is 0 Å². The molecule has 13 rings (SSSR count). The number of fused-ring (bicyclic) bond motifs is 15. The fourth-order valence-corrected chi connectivity index (χ4v) is 11.5. The SMILES string of the molecule is CC1(C)c2ccccc2-c2ccc(N(c3ccc4c(c3)C(C)(C)c3cc(-n5c6ccccc6c6c7ccccc7c7ccccc7c65)ccc3-4)c3cccc4ccccc34)cc21. The van der Waals surface area contributed by atoms with Crippen LogP contribution in [0.2, 0.25) is 0 Å². The number of hydrogen-bond donors (Lipinski definition) is 0. The summed E-state index contributed by atoms with van der Waals surface area (Å²) in [6.07, 6.45) is 0. The Labute approximate surface area is 361 Å². The second-order valence-electron chi connectivity index (χ2n) is 18.5. The monoisotopic (exact) mass is 792 g/mol. The molecule has 1 heterocycles. The van der Waals surface area contributed by atoms with Gasteiger partial charge in [0.05, 0.1) is 16.7 Å². The van der Waals surface area contributed by atoms with Crippen LogP contribution in [0.15, 0.2) is 194 Å². The van der Waals surface area contributed by atoms with Gasteiger partial charge < -0.3 is 9.47 Å². The molecule has 0 aliphatic heterocycles. The lowest BCUT2D eigenvalue weighted by Crippen LogP contribution is -2.18. The van der Waals surface area contributed by atoms with Crippen molar-refractivity contribution < 1.29 is 0 Å².